The second-order valence-electron chi connectivity index (χ2n) is 7.04. The number of aryl methyl sites for hydroxylation is 1. The molecule has 1 fully saturated rings. The predicted molar refractivity (Wildman–Crippen MR) is 111 cm³/mol. The first kappa shape index (κ1) is 18.5. The van der Waals surface area contributed by atoms with Gasteiger partial charge in [0.1, 0.15) is 11.5 Å². The quantitative estimate of drug-likeness (QED) is 0.534. The van der Waals surface area contributed by atoms with Crippen LogP contribution in [0.5, 0.6) is 11.5 Å². The molecule has 28 heavy (non-hydrogen) atoms. The van der Waals surface area contributed by atoms with Gasteiger partial charge in [0.15, 0.2) is 0 Å². The van der Waals surface area contributed by atoms with Gasteiger partial charge >= 0.3 is 0 Å². The van der Waals surface area contributed by atoms with Crippen molar-refractivity contribution in [2.45, 2.75) is 26.3 Å². The maximum Gasteiger partial charge on any atom is 0.230 e. The molecular formula is C23H21ClN2O2. The van der Waals surface area contributed by atoms with Crippen LogP contribution >= 0.6 is 11.6 Å². The van der Waals surface area contributed by atoms with Crippen molar-refractivity contribution in [1.82, 2.24) is 4.98 Å². The van der Waals surface area contributed by atoms with Gasteiger partial charge in [0.05, 0.1) is 17.3 Å². The molecule has 2 aromatic carbocycles. The Bertz CT molecular complexity index is 973. The molecule has 0 radical (unpaired) electrons. The summed E-state index contributed by atoms with van der Waals surface area (Å²) in [7, 11) is 0. The molecule has 0 N–H and O–H groups in total. The normalized spacial score (nSPS) is 13.2. The Morgan fingerprint density at radius 1 is 1.18 bits per heavy atom. The van der Waals surface area contributed by atoms with E-state index in [1.807, 2.05) is 55.5 Å². The summed E-state index contributed by atoms with van der Waals surface area (Å²) in [5.74, 6) is 1.63. The average Bonchev–Trinajstić information content (AvgIpc) is 3.55. The summed E-state index contributed by atoms with van der Waals surface area (Å²) in [6, 6.07) is 17.1. The highest BCUT2D eigenvalue weighted by Gasteiger charge is 2.35. The van der Waals surface area contributed by atoms with Crippen LogP contribution in [0.3, 0.4) is 0 Å². The van der Waals surface area contributed by atoms with Crippen molar-refractivity contribution in [3.63, 3.8) is 0 Å². The topological polar surface area (TPSA) is 42.4 Å². The van der Waals surface area contributed by atoms with E-state index in [0.29, 0.717) is 23.0 Å². The molecule has 0 unspecified atom stereocenters. The van der Waals surface area contributed by atoms with Crippen LogP contribution in [-0.4, -0.2) is 10.9 Å². The van der Waals surface area contributed by atoms with Gasteiger partial charge in [0, 0.05) is 24.4 Å². The third-order valence-corrected chi connectivity index (χ3v) is 5.07. The number of anilines is 1. The summed E-state index contributed by atoms with van der Waals surface area (Å²) in [5, 5.41) is 0.495. The Morgan fingerprint density at radius 2 is 1.96 bits per heavy atom. The minimum Gasteiger partial charge on any atom is -0.457 e. The second-order valence-corrected chi connectivity index (χ2v) is 7.45. The smallest absolute Gasteiger partial charge is 0.230 e. The molecule has 0 aliphatic heterocycles. The van der Waals surface area contributed by atoms with Gasteiger partial charge in [-0.3, -0.25) is 9.78 Å². The first-order valence-corrected chi connectivity index (χ1v) is 9.73. The number of amides is 1. The summed E-state index contributed by atoms with van der Waals surface area (Å²) in [6.45, 7) is 2.41. The summed E-state index contributed by atoms with van der Waals surface area (Å²) in [4.78, 5) is 18.9. The van der Waals surface area contributed by atoms with Crippen molar-refractivity contribution in [1.29, 1.82) is 0 Å². The highest BCUT2D eigenvalue weighted by molar-refractivity contribution is 6.34. The first-order chi connectivity index (χ1) is 13.6. The summed E-state index contributed by atoms with van der Waals surface area (Å²) in [6.07, 6.45) is 5.38. The van der Waals surface area contributed by atoms with Crippen LogP contribution in [0, 0.1) is 12.8 Å². The Hall–Kier alpha value is -2.85. The van der Waals surface area contributed by atoms with Gasteiger partial charge in [-0.25, -0.2) is 0 Å². The van der Waals surface area contributed by atoms with Gasteiger partial charge in [-0.2, -0.15) is 0 Å². The largest absolute Gasteiger partial charge is 0.457 e. The highest BCUT2D eigenvalue weighted by Crippen LogP contribution is 2.39. The Labute approximate surface area is 169 Å². The van der Waals surface area contributed by atoms with E-state index >= 15 is 0 Å². The van der Waals surface area contributed by atoms with Crippen molar-refractivity contribution >= 4 is 23.2 Å². The lowest BCUT2D eigenvalue weighted by Gasteiger charge is -2.25. The molecule has 0 saturated heterocycles. The molecule has 1 saturated carbocycles. The van der Waals surface area contributed by atoms with Crippen LogP contribution in [0.25, 0.3) is 0 Å². The number of ether oxygens (including phenoxy) is 1. The zero-order chi connectivity index (χ0) is 19.5. The number of benzene rings is 2. The molecule has 1 aliphatic carbocycles. The Morgan fingerprint density at radius 3 is 2.64 bits per heavy atom. The van der Waals surface area contributed by atoms with Crippen LogP contribution in [0.1, 0.15) is 24.0 Å². The van der Waals surface area contributed by atoms with Crippen LogP contribution < -0.4 is 9.64 Å². The van der Waals surface area contributed by atoms with E-state index in [1.54, 1.807) is 23.4 Å². The standard InChI is InChI=1S/C23H21ClN2O2/c1-16-12-21(20(24)13-22(16)28-19-7-3-2-4-8-19)26(23(27)18-9-10-18)15-17-6-5-11-25-14-17/h2-8,11-14,18H,9-10,15H2,1H3. The van der Waals surface area contributed by atoms with Crippen LogP contribution in [0.15, 0.2) is 67.0 Å². The molecule has 0 spiro atoms. The molecule has 4 nitrogen and oxygen atoms in total. The van der Waals surface area contributed by atoms with Crippen molar-refractivity contribution in [3.05, 3.63) is 83.1 Å². The zero-order valence-corrected chi connectivity index (χ0v) is 16.4. The molecule has 1 aromatic heterocycles. The summed E-state index contributed by atoms with van der Waals surface area (Å²) in [5.41, 5.74) is 2.60. The monoisotopic (exact) mass is 392 g/mol. The lowest BCUT2D eigenvalue weighted by atomic mass is 10.1. The number of hydrogen-bond donors (Lipinski definition) is 0. The van der Waals surface area contributed by atoms with Gasteiger partial charge in [-0.1, -0.05) is 35.9 Å². The maximum absolute atomic E-state index is 13.0. The van der Waals surface area contributed by atoms with E-state index in [4.69, 9.17) is 16.3 Å². The molecule has 4 rings (SSSR count). The first-order valence-electron chi connectivity index (χ1n) is 9.35. The number of nitrogens with zero attached hydrogens (tertiary/aromatic N) is 2. The van der Waals surface area contributed by atoms with E-state index in [0.717, 1.165) is 29.7 Å². The summed E-state index contributed by atoms with van der Waals surface area (Å²) >= 11 is 6.61. The van der Waals surface area contributed by atoms with Gasteiger partial charge in [-0.15, -0.1) is 0 Å². The molecule has 3 aromatic rings. The minimum absolute atomic E-state index is 0.0910. The lowest BCUT2D eigenvalue weighted by molar-refractivity contribution is -0.119. The van der Waals surface area contributed by atoms with E-state index < -0.39 is 0 Å². The number of para-hydroxylation sites is 1. The predicted octanol–water partition coefficient (Wildman–Crippen LogP) is 5.78. The summed E-state index contributed by atoms with van der Waals surface area (Å²) < 4.78 is 5.97. The highest BCUT2D eigenvalue weighted by atomic mass is 35.5. The number of aromatic nitrogens is 1. The molecule has 142 valence electrons. The number of rotatable bonds is 6. The SMILES string of the molecule is Cc1cc(N(Cc2cccnc2)C(=O)C2CC2)c(Cl)cc1Oc1ccccc1. The molecule has 1 heterocycles. The molecule has 5 heteroatoms. The number of hydrogen-bond acceptors (Lipinski definition) is 3. The second kappa shape index (κ2) is 8.03. The van der Waals surface area contributed by atoms with E-state index in [1.165, 1.54) is 0 Å². The fraction of sp³-hybridized carbons (Fsp3) is 0.217. The van der Waals surface area contributed by atoms with Gasteiger partial charge in [-0.05, 0) is 55.2 Å². The van der Waals surface area contributed by atoms with Crippen molar-refractivity contribution in [2.75, 3.05) is 4.90 Å². The fourth-order valence-corrected chi connectivity index (χ4v) is 3.34. The molecule has 1 amide bonds. The molecule has 0 bridgehead atoms. The van der Waals surface area contributed by atoms with Gasteiger partial charge in [0.2, 0.25) is 5.91 Å². The maximum atomic E-state index is 13.0. The van der Waals surface area contributed by atoms with Crippen molar-refractivity contribution in [2.24, 2.45) is 5.92 Å². The molecule has 0 atom stereocenters. The number of pyridine rings is 1. The van der Waals surface area contributed by atoms with Crippen LogP contribution in [0.4, 0.5) is 5.69 Å². The zero-order valence-electron chi connectivity index (χ0n) is 15.6. The molecule has 1 aliphatic rings. The number of carbonyl (C=O) groups excluding carboxylic acids is 1. The minimum atomic E-state index is 0.0910. The van der Waals surface area contributed by atoms with Crippen LogP contribution in [-0.2, 0) is 11.3 Å². The van der Waals surface area contributed by atoms with E-state index in [9.17, 15) is 4.79 Å². The third-order valence-electron chi connectivity index (χ3n) is 4.76. The average molecular weight is 393 g/mol. The lowest BCUT2D eigenvalue weighted by Crippen LogP contribution is -2.32. The van der Waals surface area contributed by atoms with Crippen molar-refractivity contribution < 1.29 is 9.53 Å². The van der Waals surface area contributed by atoms with E-state index in [2.05, 4.69) is 4.98 Å². The van der Waals surface area contributed by atoms with Gasteiger partial charge < -0.3 is 9.64 Å². The van der Waals surface area contributed by atoms with Gasteiger partial charge in [0.25, 0.3) is 0 Å². The van der Waals surface area contributed by atoms with Crippen LogP contribution in [0.2, 0.25) is 5.02 Å². The van der Waals surface area contributed by atoms with Crippen molar-refractivity contribution in [3.8, 4) is 11.5 Å². The Kier molecular flexibility index (Phi) is 5.31. The van der Waals surface area contributed by atoms with E-state index in [-0.39, 0.29) is 11.8 Å². The third kappa shape index (κ3) is 4.18. The number of halogens is 1. The fourth-order valence-electron chi connectivity index (χ4n) is 3.09. The number of carbonyl (C=O) groups is 1. The molecular weight excluding hydrogens is 372 g/mol. The Balaban J connectivity index is 1.66.